The number of imidazole rings is 4. The van der Waals surface area contributed by atoms with E-state index in [1.54, 1.807) is 61.7 Å². The number of H-pyrrole nitrogens is 4. The molecular formula is C16H12N12. The minimum absolute atomic E-state index is 0.150. The maximum Gasteiger partial charge on any atom is 0.176 e. The van der Waals surface area contributed by atoms with Gasteiger partial charge in [0.1, 0.15) is 24.3 Å². The molecule has 0 radical (unpaired) electrons. The standard InChI is InChI=1S/2C5H2N4.2C3H4N2/c2*6-1-4-5(2-7)9-3-8-4;2*1-2-5-3-4-1/h2*3H,(H,8,9);2*1-3H,(H,4,5). The van der Waals surface area contributed by atoms with Gasteiger partial charge in [-0.1, -0.05) is 0 Å². The highest BCUT2D eigenvalue weighted by Crippen LogP contribution is 1.96. The van der Waals surface area contributed by atoms with Crippen molar-refractivity contribution in [2.24, 2.45) is 0 Å². The van der Waals surface area contributed by atoms with E-state index in [1.165, 1.54) is 12.7 Å². The Labute approximate surface area is 158 Å². The van der Waals surface area contributed by atoms with Crippen LogP contribution in [0, 0.1) is 45.3 Å². The van der Waals surface area contributed by atoms with E-state index in [2.05, 4.69) is 39.9 Å². The van der Waals surface area contributed by atoms with Crippen LogP contribution in [-0.4, -0.2) is 39.9 Å². The number of aromatic nitrogens is 8. The zero-order chi connectivity index (χ0) is 20.5. The van der Waals surface area contributed by atoms with Crippen molar-refractivity contribution in [3.8, 4) is 24.3 Å². The molecule has 0 fully saturated rings. The third kappa shape index (κ3) is 7.58. The van der Waals surface area contributed by atoms with Gasteiger partial charge in [0.25, 0.3) is 0 Å². The first-order chi connectivity index (χ1) is 13.8. The van der Waals surface area contributed by atoms with Gasteiger partial charge in [0, 0.05) is 24.8 Å². The number of hydrogen-bond acceptors (Lipinski definition) is 8. The number of rotatable bonds is 0. The Hall–Kier alpha value is -5.20. The van der Waals surface area contributed by atoms with Crippen LogP contribution in [0.2, 0.25) is 0 Å². The Balaban J connectivity index is 0.000000194. The van der Waals surface area contributed by atoms with E-state index in [1.807, 2.05) is 0 Å². The lowest BCUT2D eigenvalue weighted by molar-refractivity contribution is 1.29. The minimum Gasteiger partial charge on any atom is -0.351 e. The number of nitriles is 4. The van der Waals surface area contributed by atoms with Crippen molar-refractivity contribution in [3.05, 3.63) is 72.9 Å². The van der Waals surface area contributed by atoms with Gasteiger partial charge in [-0.3, -0.25) is 0 Å². The van der Waals surface area contributed by atoms with Crippen molar-refractivity contribution >= 4 is 0 Å². The molecule has 0 spiro atoms. The SMILES string of the molecule is N#Cc1nc[nH]c1C#N.N#Cc1nc[nH]c1C#N.c1c[nH]cn1.c1c[nH]cn1. The van der Waals surface area contributed by atoms with Crippen LogP contribution in [0.5, 0.6) is 0 Å². The second-order valence-electron chi connectivity index (χ2n) is 4.22. The summed E-state index contributed by atoms with van der Waals surface area (Å²) < 4.78 is 0. The van der Waals surface area contributed by atoms with Crippen LogP contribution in [0.1, 0.15) is 22.8 Å². The maximum absolute atomic E-state index is 8.27. The molecule has 0 aromatic carbocycles. The molecule has 28 heavy (non-hydrogen) atoms. The number of nitrogens with zero attached hydrogens (tertiary/aromatic N) is 8. The maximum atomic E-state index is 8.27. The van der Waals surface area contributed by atoms with Gasteiger partial charge >= 0.3 is 0 Å². The lowest BCUT2D eigenvalue weighted by Gasteiger charge is -1.73. The zero-order valence-corrected chi connectivity index (χ0v) is 14.2. The first kappa shape index (κ1) is 20.8. The summed E-state index contributed by atoms with van der Waals surface area (Å²) in [6, 6.07) is 7.10. The second kappa shape index (κ2) is 13.1. The van der Waals surface area contributed by atoms with Crippen molar-refractivity contribution in [2.75, 3.05) is 0 Å². The fourth-order valence-electron chi connectivity index (χ4n) is 1.36. The smallest absolute Gasteiger partial charge is 0.176 e. The van der Waals surface area contributed by atoms with Gasteiger partial charge in [0.15, 0.2) is 22.8 Å². The molecule has 0 amide bonds. The minimum atomic E-state index is 0.150. The third-order valence-electron chi connectivity index (χ3n) is 2.53. The van der Waals surface area contributed by atoms with Crippen LogP contribution in [-0.2, 0) is 0 Å². The van der Waals surface area contributed by atoms with Gasteiger partial charge in [-0.25, -0.2) is 19.9 Å². The van der Waals surface area contributed by atoms with Gasteiger partial charge in [0.05, 0.1) is 25.3 Å². The Morgan fingerprint density at radius 3 is 1.21 bits per heavy atom. The molecule has 0 atom stereocenters. The van der Waals surface area contributed by atoms with E-state index in [0.717, 1.165) is 0 Å². The van der Waals surface area contributed by atoms with E-state index in [4.69, 9.17) is 21.0 Å². The van der Waals surface area contributed by atoms with Crippen LogP contribution in [0.15, 0.2) is 50.1 Å². The first-order valence-corrected chi connectivity index (χ1v) is 7.29. The lowest BCUT2D eigenvalue weighted by atomic mass is 10.4. The Kier molecular flexibility index (Phi) is 9.78. The Morgan fingerprint density at radius 1 is 0.607 bits per heavy atom. The molecule has 4 rings (SSSR count). The monoisotopic (exact) mass is 372 g/mol. The molecular weight excluding hydrogens is 360 g/mol. The summed E-state index contributed by atoms with van der Waals surface area (Å²) >= 11 is 0. The summed E-state index contributed by atoms with van der Waals surface area (Å²) in [6.45, 7) is 0. The molecule has 0 saturated heterocycles. The van der Waals surface area contributed by atoms with Crippen LogP contribution in [0.3, 0.4) is 0 Å². The van der Waals surface area contributed by atoms with Crippen molar-refractivity contribution < 1.29 is 0 Å². The van der Waals surface area contributed by atoms with Gasteiger partial charge in [-0.05, 0) is 0 Å². The summed E-state index contributed by atoms with van der Waals surface area (Å²) in [5, 5.41) is 33.0. The number of hydrogen-bond donors (Lipinski definition) is 4. The van der Waals surface area contributed by atoms with Gasteiger partial charge in [0.2, 0.25) is 0 Å². The van der Waals surface area contributed by atoms with Crippen LogP contribution in [0.25, 0.3) is 0 Å². The molecule has 0 aliphatic carbocycles. The summed E-state index contributed by atoms with van der Waals surface area (Å²) in [4.78, 5) is 25.0. The molecule has 12 heteroatoms. The van der Waals surface area contributed by atoms with Gasteiger partial charge < -0.3 is 19.9 Å². The molecule has 136 valence electrons. The number of aromatic amines is 4. The highest BCUT2D eigenvalue weighted by Gasteiger charge is 2.00. The predicted octanol–water partition coefficient (Wildman–Crippen LogP) is 1.13. The van der Waals surface area contributed by atoms with Crippen molar-refractivity contribution in [1.29, 1.82) is 21.0 Å². The van der Waals surface area contributed by atoms with Crippen molar-refractivity contribution in [2.45, 2.75) is 0 Å². The normalized spacial score (nSPS) is 7.86. The molecule has 4 N–H and O–H groups in total. The fourth-order valence-corrected chi connectivity index (χ4v) is 1.36. The van der Waals surface area contributed by atoms with Crippen molar-refractivity contribution in [3.63, 3.8) is 0 Å². The van der Waals surface area contributed by atoms with E-state index in [9.17, 15) is 0 Å². The highest BCUT2D eigenvalue weighted by atomic mass is 14.9. The van der Waals surface area contributed by atoms with Crippen LogP contribution >= 0.6 is 0 Å². The third-order valence-corrected chi connectivity index (χ3v) is 2.53. The summed E-state index contributed by atoms with van der Waals surface area (Å²) in [5.41, 5.74) is 0.741. The quantitative estimate of drug-likeness (QED) is 0.350. The highest BCUT2D eigenvalue weighted by molar-refractivity contribution is 5.34. The summed E-state index contributed by atoms with van der Waals surface area (Å²) in [6.07, 6.45) is 12.8. The average molecular weight is 372 g/mol. The number of nitrogens with one attached hydrogen (secondary N) is 4. The van der Waals surface area contributed by atoms with Crippen LogP contribution in [0.4, 0.5) is 0 Å². The van der Waals surface area contributed by atoms with E-state index < -0.39 is 0 Å². The van der Waals surface area contributed by atoms with E-state index >= 15 is 0 Å². The van der Waals surface area contributed by atoms with E-state index in [0.29, 0.717) is 0 Å². The molecule has 0 aliphatic rings. The summed E-state index contributed by atoms with van der Waals surface area (Å²) in [7, 11) is 0. The first-order valence-electron chi connectivity index (χ1n) is 7.29. The molecule has 0 aliphatic heterocycles. The molecule has 4 aromatic heterocycles. The molecule has 0 saturated carbocycles. The van der Waals surface area contributed by atoms with Crippen molar-refractivity contribution in [1.82, 2.24) is 39.9 Å². The Bertz CT molecular complexity index is 879. The molecule has 0 unspecified atom stereocenters. The molecule has 0 bridgehead atoms. The molecule has 4 heterocycles. The Morgan fingerprint density at radius 2 is 1.04 bits per heavy atom. The fraction of sp³-hybridized carbons (Fsp3) is 0. The molecule has 12 nitrogen and oxygen atoms in total. The topological polar surface area (TPSA) is 210 Å². The molecule has 4 aromatic rings. The zero-order valence-electron chi connectivity index (χ0n) is 14.2. The summed E-state index contributed by atoms with van der Waals surface area (Å²) in [5.74, 6) is 0. The van der Waals surface area contributed by atoms with Crippen LogP contribution < -0.4 is 0 Å². The largest absolute Gasteiger partial charge is 0.351 e. The average Bonchev–Trinajstić information content (AvgIpc) is 3.57. The van der Waals surface area contributed by atoms with E-state index in [-0.39, 0.29) is 22.8 Å². The lowest BCUT2D eigenvalue weighted by Crippen LogP contribution is -1.77. The van der Waals surface area contributed by atoms with Gasteiger partial charge in [-0.15, -0.1) is 0 Å². The second-order valence-corrected chi connectivity index (χ2v) is 4.22. The van der Waals surface area contributed by atoms with Gasteiger partial charge in [-0.2, -0.15) is 21.0 Å². The predicted molar refractivity (Wildman–Crippen MR) is 93.2 cm³/mol.